The Kier molecular flexibility index (Phi) is 1.73. The fourth-order valence-corrected chi connectivity index (χ4v) is 1.80. The van der Waals surface area contributed by atoms with Crippen LogP contribution in [0.4, 0.5) is 11.4 Å². The first-order valence-corrected chi connectivity index (χ1v) is 4.85. The summed E-state index contributed by atoms with van der Waals surface area (Å²) >= 11 is 0. The number of amides is 1. The van der Waals surface area contributed by atoms with Gasteiger partial charge in [-0.2, -0.15) is 0 Å². The largest absolute Gasteiger partial charge is 0.421 e. The minimum absolute atomic E-state index is 0.167. The Balaban J connectivity index is 2.40. The number of carbonyl (C=O) groups is 1. The van der Waals surface area contributed by atoms with Crippen LogP contribution in [-0.2, 0) is 4.79 Å². The van der Waals surface area contributed by atoms with Crippen molar-refractivity contribution < 1.29 is 9.21 Å². The van der Waals surface area contributed by atoms with Gasteiger partial charge < -0.3 is 15.1 Å². The lowest BCUT2D eigenvalue weighted by atomic mass is 10.1. The molecule has 1 aliphatic heterocycles. The summed E-state index contributed by atoms with van der Waals surface area (Å²) in [5.74, 6) is -0.241. The topological polar surface area (TPSA) is 71.3 Å². The number of carbonyl (C=O) groups excluding carboxylic acids is 1. The lowest BCUT2D eigenvalue weighted by Crippen LogP contribution is -2.31. The van der Waals surface area contributed by atoms with Crippen molar-refractivity contribution in [1.82, 2.24) is 0 Å². The predicted octanol–water partition coefficient (Wildman–Crippen LogP) is 1.16. The lowest BCUT2D eigenvalue weighted by molar-refractivity contribution is -0.114. The van der Waals surface area contributed by atoms with Crippen molar-refractivity contribution in [2.75, 3.05) is 17.2 Å². The molecule has 1 aliphatic rings. The predicted molar refractivity (Wildman–Crippen MR) is 59.6 cm³/mol. The van der Waals surface area contributed by atoms with Gasteiger partial charge in [0.15, 0.2) is 5.69 Å². The average molecular weight is 216 g/mol. The summed E-state index contributed by atoms with van der Waals surface area (Å²) < 4.78 is 5.10. The number of rotatable bonds is 0. The van der Waals surface area contributed by atoms with E-state index in [1.807, 2.05) is 12.1 Å². The highest BCUT2D eigenvalue weighted by atomic mass is 16.4. The molecule has 80 valence electrons. The summed E-state index contributed by atoms with van der Waals surface area (Å²) in [6, 6.07) is 7.19. The molecule has 1 aromatic heterocycles. The summed E-state index contributed by atoms with van der Waals surface area (Å²) in [6.45, 7) is 0.167. The maximum atomic E-state index is 11.6. The molecule has 0 atom stereocenters. The van der Waals surface area contributed by atoms with Crippen molar-refractivity contribution in [2.24, 2.45) is 0 Å². The third-order valence-corrected chi connectivity index (χ3v) is 2.50. The van der Waals surface area contributed by atoms with Crippen molar-refractivity contribution in [1.29, 1.82) is 0 Å². The van der Waals surface area contributed by atoms with Crippen LogP contribution in [0.15, 0.2) is 33.5 Å². The Morgan fingerprint density at radius 3 is 2.81 bits per heavy atom. The van der Waals surface area contributed by atoms with E-state index in [-0.39, 0.29) is 18.1 Å². The van der Waals surface area contributed by atoms with Gasteiger partial charge in [0, 0.05) is 5.39 Å². The van der Waals surface area contributed by atoms with Crippen LogP contribution < -0.4 is 16.3 Å². The SMILES string of the molecule is O=C1CNc2c(c(=O)oc3ccccc23)N1. The minimum Gasteiger partial charge on any atom is -0.421 e. The van der Waals surface area contributed by atoms with E-state index in [0.717, 1.165) is 5.39 Å². The number of hydrogen-bond acceptors (Lipinski definition) is 4. The standard InChI is InChI=1S/C11H8N2O3/c14-8-5-12-9-6-3-1-2-4-7(6)16-11(15)10(9)13-8/h1-4,12H,5H2,(H,13,14). The third kappa shape index (κ3) is 1.18. The number of hydrogen-bond donors (Lipinski definition) is 2. The van der Waals surface area contributed by atoms with Gasteiger partial charge in [0.2, 0.25) is 5.91 Å². The first-order chi connectivity index (χ1) is 7.75. The van der Waals surface area contributed by atoms with E-state index < -0.39 is 5.63 Å². The van der Waals surface area contributed by atoms with Crippen molar-refractivity contribution >= 4 is 28.3 Å². The molecule has 0 fully saturated rings. The number of anilines is 2. The Hall–Kier alpha value is -2.30. The Labute approximate surface area is 90.1 Å². The molecule has 2 N–H and O–H groups in total. The van der Waals surface area contributed by atoms with Gasteiger partial charge in [0.05, 0.1) is 12.2 Å². The van der Waals surface area contributed by atoms with Crippen molar-refractivity contribution in [3.63, 3.8) is 0 Å². The number of fused-ring (bicyclic) bond motifs is 3. The van der Waals surface area contributed by atoms with Crippen LogP contribution in [0.2, 0.25) is 0 Å². The first-order valence-electron chi connectivity index (χ1n) is 4.85. The first kappa shape index (κ1) is 8.96. The minimum atomic E-state index is -0.533. The van der Waals surface area contributed by atoms with Crippen molar-refractivity contribution in [3.8, 4) is 0 Å². The highest BCUT2D eigenvalue weighted by Crippen LogP contribution is 2.29. The van der Waals surface area contributed by atoms with Crippen LogP contribution in [0, 0.1) is 0 Å². The quantitative estimate of drug-likeness (QED) is 0.648. The molecule has 3 rings (SSSR count). The van der Waals surface area contributed by atoms with Gasteiger partial charge in [-0.15, -0.1) is 0 Å². The molecule has 2 aromatic rings. The van der Waals surface area contributed by atoms with Gasteiger partial charge in [0.1, 0.15) is 5.58 Å². The summed E-state index contributed by atoms with van der Waals surface area (Å²) in [7, 11) is 0. The molecular formula is C11H8N2O3. The summed E-state index contributed by atoms with van der Waals surface area (Å²) in [6.07, 6.45) is 0. The van der Waals surface area contributed by atoms with Gasteiger partial charge in [-0.05, 0) is 12.1 Å². The molecule has 0 saturated heterocycles. The smallest absolute Gasteiger partial charge is 0.362 e. The van der Waals surface area contributed by atoms with Crippen LogP contribution in [0.25, 0.3) is 11.0 Å². The normalized spacial score (nSPS) is 14.1. The fraction of sp³-hybridized carbons (Fsp3) is 0.0909. The maximum Gasteiger partial charge on any atom is 0.362 e. The molecule has 16 heavy (non-hydrogen) atoms. The zero-order valence-electron chi connectivity index (χ0n) is 8.24. The van der Waals surface area contributed by atoms with E-state index in [1.165, 1.54) is 0 Å². The maximum absolute atomic E-state index is 11.6. The molecule has 1 amide bonds. The van der Waals surface area contributed by atoms with Gasteiger partial charge in [-0.25, -0.2) is 4.79 Å². The molecule has 1 aromatic carbocycles. The molecule has 0 spiro atoms. The van der Waals surface area contributed by atoms with Crippen molar-refractivity contribution in [3.05, 3.63) is 34.7 Å². The van der Waals surface area contributed by atoms with Crippen LogP contribution >= 0.6 is 0 Å². The lowest BCUT2D eigenvalue weighted by Gasteiger charge is -2.18. The molecule has 0 unspecified atom stereocenters. The zero-order valence-corrected chi connectivity index (χ0v) is 8.24. The van der Waals surface area contributed by atoms with E-state index in [2.05, 4.69) is 10.6 Å². The Morgan fingerprint density at radius 2 is 1.94 bits per heavy atom. The van der Waals surface area contributed by atoms with Gasteiger partial charge in [-0.1, -0.05) is 12.1 Å². The monoisotopic (exact) mass is 216 g/mol. The Bertz CT molecular complexity index is 645. The highest BCUT2D eigenvalue weighted by Gasteiger charge is 2.20. The summed E-state index contributed by atoms with van der Waals surface area (Å²) in [4.78, 5) is 22.8. The van der Waals surface area contributed by atoms with E-state index >= 15 is 0 Å². The van der Waals surface area contributed by atoms with E-state index in [1.54, 1.807) is 12.1 Å². The van der Waals surface area contributed by atoms with Crippen molar-refractivity contribution in [2.45, 2.75) is 0 Å². The molecule has 0 bridgehead atoms. The number of benzene rings is 1. The molecule has 0 aliphatic carbocycles. The summed E-state index contributed by atoms with van der Waals surface area (Å²) in [5, 5.41) is 6.23. The second-order valence-corrected chi connectivity index (χ2v) is 3.54. The van der Waals surface area contributed by atoms with Crippen LogP contribution in [0.5, 0.6) is 0 Å². The molecule has 5 nitrogen and oxygen atoms in total. The third-order valence-electron chi connectivity index (χ3n) is 2.50. The van der Waals surface area contributed by atoms with Gasteiger partial charge >= 0.3 is 5.63 Å². The second kappa shape index (κ2) is 3.10. The van der Waals surface area contributed by atoms with Gasteiger partial charge in [-0.3, -0.25) is 4.79 Å². The second-order valence-electron chi connectivity index (χ2n) is 3.54. The number of nitrogens with one attached hydrogen (secondary N) is 2. The van der Waals surface area contributed by atoms with E-state index in [9.17, 15) is 9.59 Å². The zero-order chi connectivity index (χ0) is 11.1. The van der Waals surface area contributed by atoms with Crippen LogP contribution in [-0.4, -0.2) is 12.5 Å². The fourth-order valence-electron chi connectivity index (χ4n) is 1.80. The highest BCUT2D eigenvalue weighted by molar-refractivity contribution is 6.07. The number of para-hydroxylation sites is 1. The molecular weight excluding hydrogens is 208 g/mol. The van der Waals surface area contributed by atoms with Crippen LogP contribution in [0.3, 0.4) is 0 Å². The van der Waals surface area contributed by atoms with Gasteiger partial charge in [0.25, 0.3) is 0 Å². The van der Waals surface area contributed by atoms with E-state index in [0.29, 0.717) is 11.3 Å². The molecule has 0 radical (unpaired) electrons. The van der Waals surface area contributed by atoms with Crippen LogP contribution in [0.1, 0.15) is 0 Å². The molecule has 5 heteroatoms. The Morgan fingerprint density at radius 1 is 1.12 bits per heavy atom. The summed E-state index contributed by atoms with van der Waals surface area (Å²) in [5.41, 5.74) is 0.797. The average Bonchev–Trinajstić information content (AvgIpc) is 2.29. The van der Waals surface area contributed by atoms with E-state index in [4.69, 9.17) is 4.42 Å². The molecule has 2 heterocycles. The molecule has 0 saturated carbocycles.